The van der Waals surface area contributed by atoms with Gasteiger partial charge in [-0.3, -0.25) is 4.79 Å². The molecule has 1 atom stereocenters. The van der Waals surface area contributed by atoms with E-state index in [0.29, 0.717) is 11.3 Å². The number of nitrogens with two attached hydrogens (primary N) is 1. The molecule has 3 N–H and O–H groups in total. The Labute approximate surface area is 112 Å². The molecular formula is C15H20FNO2. The molecule has 1 aliphatic rings. The van der Waals surface area contributed by atoms with Crippen LogP contribution in [-0.2, 0) is 4.79 Å². The molecule has 3 nitrogen and oxygen atoms in total. The Kier molecular flexibility index (Phi) is 4.40. The number of hydrogen-bond acceptors (Lipinski definition) is 2. The molecule has 19 heavy (non-hydrogen) atoms. The molecule has 1 fully saturated rings. The third kappa shape index (κ3) is 3.25. The zero-order valence-electron chi connectivity index (χ0n) is 10.9. The summed E-state index contributed by atoms with van der Waals surface area (Å²) in [5, 5.41) is 9.51. The first-order chi connectivity index (χ1) is 9.09. The van der Waals surface area contributed by atoms with Crippen molar-refractivity contribution >= 4 is 11.7 Å². The summed E-state index contributed by atoms with van der Waals surface area (Å²) in [6.07, 6.45) is 6.16. The second-order valence-corrected chi connectivity index (χ2v) is 5.34. The minimum absolute atomic E-state index is 0.0594. The summed E-state index contributed by atoms with van der Waals surface area (Å²) in [6.45, 7) is 0. The van der Waals surface area contributed by atoms with Crippen molar-refractivity contribution in [1.82, 2.24) is 0 Å². The van der Waals surface area contributed by atoms with Gasteiger partial charge in [-0.05, 0) is 42.5 Å². The van der Waals surface area contributed by atoms with Gasteiger partial charge in [0.15, 0.2) is 0 Å². The van der Waals surface area contributed by atoms with Crippen molar-refractivity contribution in [2.45, 2.75) is 44.4 Å². The van der Waals surface area contributed by atoms with Gasteiger partial charge in [-0.1, -0.05) is 25.7 Å². The maximum absolute atomic E-state index is 13.4. The summed E-state index contributed by atoms with van der Waals surface area (Å²) in [7, 11) is 0. The smallest absolute Gasteiger partial charge is 0.311 e. The van der Waals surface area contributed by atoms with Crippen molar-refractivity contribution in [3.63, 3.8) is 0 Å². The summed E-state index contributed by atoms with van der Waals surface area (Å²) < 4.78 is 13.4. The third-order valence-corrected chi connectivity index (χ3v) is 4.02. The SMILES string of the molecule is Nc1ccc(F)cc1C(C(=O)O)C1CCCCCC1. The molecule has 104 valence electrons. The molecule has 0 heterocycles. The maximum Gasteiger partial charge on any atom is 0.311 e. The highest BCUT2D eigenvalue weighted by molar-refractivity contribution is 5.79. The van der Waals surface area contributed by atoms with Crippen molar-refractivity contribution in [3.8, 4) is 0 Å². The molecule has 1 saturated carbocycles. The minimum Gasteiger partial charge on any atom is -0.481 e. The molecule has 2 rings (SSSR count). The molecule has 0 saturated heterocycles. The molecule has 1 aromatic rings. The van der Waals surface area contributed by atoms with Crippen LogP contribution in [0.1, 0.15) is 50.0 Å². The first-order valence-electron chi connectivity index (χ1n) is 6.87. The fourth-order valence-corrected chi connectivity index (χ4v) is 3.05. The molecule has 1 aliphatic carbocycles. The van der Waals surface area contributed by atoms with E-state index in [0.717, 1.165) is 38.5 Å². The summed E-state index contributed by atoms with van der Waals surface area (Å²) in [5.41, 5.74) is 6.65. The minimum atomic E-state index is -0.899. The van der Waals surface area contributed by atoms with Gasteiger partial charge in [0.2, 0.25) is 0 Å². The van der Waals surface area contributed by atoms with E-state index in [1.807, 2.05) is 0 Å². The number of aliphatic carboxylic acids is 1. The van der Waals surface area contributed by atoms with Crippen LogP contribution in [0.4, 0.5) is 10.1 Å². The van der Waals surface area contributed by atoms with Gasteiger partial charge in [-0.2, -0.15) is 0 Å². The molecule has 0 amide bonds. The second-order valence-electron chi connectivity index (χ2n) is 5.34. The number of rotatable bonds is 3. The lowest BCUT2D eigenvalue weighted by atomic mass is 9.81. The first kappa shape index (κ1) is 13.8. The summed E-state index contributed by atoms with van der Waals surface area (Å²) in [6, 6.07) is 4.00. The van der Waals surface area contributed by atoms with E-state index in [2.05, 4.69) is 0 Å². The average molecular weight is 265 g/mol. The lowest BCUT2D eigenvalue weighted by molar-refractivity contribution is -0.140. The number of carboxylic acid groups (broad SMARTS) is 1. The highest BCUT2D eigenvalue weighted by Gasteiger charge is 2.31. The normalized spacial score (nSPS) is 18.8. The Morgan fingerprint density at radius 2 is 1.89 bits per heavy atom. The van der Waals surface area contributed by atoms with Gasteiger partial charge >= 0.3 is 5.97 Å². The highest BCUT2D eigenvalue weighted by Crippen LogP contribution is 2.37. The van der Waals surface area contributed by atoms with Gasteiger partial charge in [-0.25, -0.2) is 4.39 Å². The van der Waals surface area contributed by atoms with E-state index in [1.165, 1.54) is 18.2 Å². The van der Waals surface area contributed by atoms with Crippen LogP contribution in [0.5, 0.6) is 0 Å². The fourth-order valence-electron chi connectivity index (χ4n) is 3.05. The van der Waals surface area contributed by atoms with E-state index in [-0.39, 0.29) is 5.92 Å². The third-order valence-electron chi connectivity index (χ3n) is 4.02. The molecule has 1 unspecified atom stereocenters. The Bertz CT molecular complexity index is 453. The molecule has 0 aromatic heterocycles. The number of halogens is 1. The Hall–Kier alpha value is -1.58. The van der Waals surface area contributed by atoms with E-state index >= 15 is 0 Å². The van der Waals surface area contributed by atoms with E-state index in [4.69, 9.17) is 5.73 Å². The first-order valence-corrected chi connectivity index (χ1v) is 6.87. The summed E-state index contributed by atoms with van der Waals surface area (Å²) >= 11 is 0. The molecule has 1 aromatic carbocycles. The lowest BCUT2D eigenvalue weighted by Crippen LogP contribution is -2.22. The number of carbonyl (C=O) groups is 1. The second kappa shape index (κ2) is 6.04. The van der Waals surface area contributed by atoms with E-state index in [9.17, 15) is 14.3 Å². The van der Waals surface area contributed by atoms with Crippen LogP contribution in [-0.4, -0.2) is 11.1 Å². The van der Waals surface area contributed by atoms with Gasteiger partial charge in [0.05, 0.1) is 5.92 Å². The van der Waals surface area contributed by atoms with Gasteiger partial charge in [-0.15, -0.1) is 0 Å². The van der Waals surface area contributed by atoms with E-state index in [1.54, 1.807) is 0 Å². The standard InChI is InChI=1S/C15H20FNO2/c16-11-7-8-13(17)12(9-11)14(15(18)19)10-5-3-1-2-4-6-10/h7-10,14H,1-6,17H2,(H,18,19). The van der Waals surface area contributed by atoms with Crippen LogP contribution >= 0.6 is 0 Å². The van der Waals surface area contributed by atoms with Gasteiger partial charge in [0.25, 0.3) is 0 Å². The Balaban J connectivity index is 2.33. The number of nitrogen functional groups attached to an aromatic ring is 1. The molecule has 0 radical (unpaired) electrons. The molecule has 0 spiro atoms. The molecular weight excluding hydrogens is 245 g/mol. The van der Waals surface area contributed by atoms with Gasteiger partial charge < -0.3 is 10.8 Å². The topological polar surface area (TPSA) is 63.3 Å². The largest absolute Gasteiger partial charge is 0.481 e. The van der Waals surface area contributed by atoms with Crippen molar-refractivity contribution in [1.29, 1.82) is 0 Å². The van der Waals surface area contributed by atoms with Gasteiger partial charge in [0.1, 0.15) is 5.82 Å². The van der Waals surface area contributed by atoms with Crippen LogP contribution in [0.25, 0.3) is 0 Å². The zero-order chi connectivity index (χ0) is 13.8. The van der Waals surface area contributed by atoms with Crippen molar-refractivity contribution in [3.05, 3.63) is 29.6 Å². The predicted octanol–water partition coefficient (Wildman–Crippen LogP) is 3.55. The lowest BCUT2D eigenvalue weighted by Gasteiger charge is -2.24. The van der Waals surface area contributed by atoms with Crippen LogP contribution in [0, 0.1) is 11.7 Å². The monoisotopic (exact) mass is 265 g/mol. The average Bonchev–Trinajstić information content (AvgIpc) is 2.62. The summed E-state index contributed by atoms with van der Waals surface area (Å²) in [5.74, 6) is -1.95. The number of benzene rings is 1. The van der Waals surface area contributed by atoms with Crippen molar-refractivity contribution < 1.29 is 14.3 Å². The van der Waals surface area contributed by atoms with Crippen molar-refractivity contribution in [2.75, 3.05) is 5.73 Å². The van der Waals surface area contributed by atoms with Crippen LogP contribution < -0.4 is 5.73 Å². The van der Waals surface area contributed by atoms with Crippen LogP contribution in [0.3, 0.4) is 0 Å². The fraction of sp³-hybridized carbons (Fsp3) is 0.533. The summed E-state index contributed by atoms with van der Waals surface area (Å²) in [4.78, 5) is 11.6. The van der Waals surface area contributed by atoms with Crippen LogP contribution in [0.2, 0.25) is 0 Å². The number of carboxylic acids is 1. The number of anilines is 1. The Morgan fingerprint density at radius 3 is 2.47 bits per heavy atom. The van der Waals surface area contributed by atoms with Crippen LogP contribution in [0.15, 0.2) is 18.2 Å². The van der Waals surface area contributed by atoms with Gasteiger partial charge in [0, 0.05) is 5.69 Å². The van der Waals surface area contributed by atoms with Crippen molar-refractivity contribution in [2.24, 2.45) is 5.92 Å². The number of hydrogen-bond donors (Lipinski definition) is 2. The maximum atomic E-state index is 13.4. The predicted molar refractivity (Wildman–Crippen MR) is 72.4 cm³/mol. The Morgan fingerprint density at radius 1 is 1.26 bits per heavy atom. The van der Waals surface area contributed by atoms with E-state index < -0.39 is 17.7 Å². The highest BCUT2D eigenvalue weighted by atomic mass is 19.1. The molecule has 4 heteroatoms. The zero-order valence-corrected chi connectivity index (χ0v) is 10.9. The molecule has 0 bridgehead atoms. The quantitative estimate of drug-likeness (QED) is 0.649. The molecule has 0 aliphatic heterocycles.